The van der Waals surface area contributed by atoms with E-state index in [2.05, 4.69) is 10.6 Å². The summed E-state index contributed by atoms with van der Waals surface area (Å²) in [6.07, 6.45) is 3.13. The van der Waals surface area contributed by atoms with Gasteiger partial charge in [0.25, 0.3) is 0 Å². The number of ketones is 2. The Kier molecular flexibility index (Phi) is 16.8. The average Bonchev–Trinajstić information content (AvgIpc) is 3.33. The number of primary amides is 1. The largest absolute Gasteiger partial charge is 0.461 e. The molecule has 0 aromatic heterocycles. The molecule has 1 unspecified atom stereocenters. The van der Waals surface area contributed by atoms with E-state index in [1.807, 2.05) is 34.6 Å². The van der Waals surface area contributed by atoms with Crippen LogP contribution in [0.2, 0.25) is 0 Å². The molecule has 1 aromatic carbocycles. The first-order valence-electron chi connectivity index (χ1n) is 17.9. The lowest BCUT2D eigenvalue weighted by Gasteiger charge is -2.25. The summed E-state index contributed by atoms with van der Waals surface area (Å²) in [6.45, 7) is 13.8. The van der Waals surface area contributed by atoms with E-state index in [1.165, 1.54) is 4.90 Å². The summed E-state index contributed by atoms with van der Waals surface area (Å²) in [7, 11) is 0. The molecule has 50 heavy (non-hydrogen) atoms. The molecule has 0 saturated carbocycles. The minimum Gasteiger partial charge on any atom is -0.461 e. The minimum absolute atomic E-state index is 0.0346. The van der Waals surface area contributed by atoms with Gasteiger partial charge in [-0.25, -0.2) is 4.79 Å². The number of unbranched alkanes of at least 4 members (excludes halogenated alkanes) is 2. The third-order valence-corrected chi connectivity index (χ3v) is 9.14. The molecule has 0 spiro atoms. The maximum Gasteiger partial charge on any atom is 0.312 e. The van der Waals surface area contributed by atoms with Crippen LogP contribution in [-0.2, 0) is 46.5 Å². The maximum atomic E-state index is 13.5. The van der Waals surface area contributed by atoms with E-state index < -0.39 is 18.0 Å². The fourth-order valence-electron chi connectivity index (χ4n) is 5.85. The number of esters is 1. The van der Waals surface area contributed by atoms with Gasteiger partial charge in [0.1, 0.15) is 12.4 Å². The van der Waals surface area contributed by atoms with Crippen molar-refractivity contribution in [3.8, 4) is 0 Å². The Balaban J connectivity index is 1.94. The van der Waals surface area contributed by atoms with Gasteiger partial charge < -0.3 is 21.1 Å². The normalized spacial score (nSPS) is 16.0. The van der Waals surface area contributed by atoms with Crippen molar-refractivity contribution in [1.82, 2.24) is 15.5 Å². The molecule has 12 heteroatoms. The molecule has 0 aliphatic carbocycles. The molecule has 1 aliphatic rings. The van der Waals surface area contributed by atoms with Crippen LogP contribution in [0, 0.1) is 29.1 Å². The number of nitrogens with zero attached hydrogens (tertiary/aromatic N) is 1. The lowest BCUT2D eigenvalue weighted by atomic mass is 9.80. The maximum absolute atomic E-state index is 13.5. The summed E-state index contributed by atoms with van der Waals surface area (Å²) in [5.74, 6) is -2.55. The Bertz CT molecular complexity index is 1350. The molecule has 2 rings (SSSR count). The number of benzene rings is 1. The van der Waals surface area contributed by atoms with Gasteiger partial charge in [-0.15, -0.1) is 0 Å². The first-order valence-corrected chi connectivity index (χ1v) is 17.9. The zero-order valence-electron chi connectivity index (χ0n) is 31.0. The Morgan fingerprint density at radius 2 is 1.58 bits per heavy atom. The molecule has 4 N–H and O–H groups in total. The number of hydrogen-bond donors (Lipinski definition) is 3. The highest BCUT2D eigenvalue weighted by atomic mass is 16.5. The first kappa shape index (κ1) is 42.1. The Labute approximate surface area is 297 Å². The number of carbonyl (C=O) groups excluding carboxylic acids is 7. The zero-order chi connectivity index (χ0) is 37.6. The van der Waals surface area contributed by atoms with Crippen LogP contribution in [0.5, 0.6) is 0 Å². The molecule has 0 bridgehead atoms. The second-order valence-electron chi connectivity index (χ2n) is 15.1. The SMILES string of the molecule is CC(C)C(=O)OCc1ccc(CC(=O)[C@H](CCCNC(N)=O)NC(=O)[C@@H](CC(=O)CCCCCN2C(=O)CC(C(C)(C)C)C2=O)C(C)C)cc1. The van der Waals surface area contributed by atoms with Gasteiger partial charge in [-0.1, -0.05) is 79.2 Å². The van der Waals surface area contributed by atoms with Crippen LogP contribution in [0.25, 0.3) is 0 Å². The van der Waals surface area contributed by atoms with Crippen molar-refractivity contribution in [2.75, 3.05) is 13.1 Å². The van der Waals surface area contributed by atoms with Crippen molar-refractivity contribution in [2.24, 2.45) is 34.8 Å². The van der Waals surface area contributed by atoms with Crippen molar-refractivity contribution in [2.45, 2.75) is 119 Å². The number of amides is 5. The highest BCUT2D eigenvalue weighted by Crippen LogP contribution is 2.35. The highest BCUT2D eigenvalue weighted by Gasteiger charge is 2.44. The number of urea groups is 1. The van der Waals surface area contributed by atoms with Gasteiger partial charge in [0.05, 0.1) is 17.9 Å². The van der Waals surface area contributed by atoms with Crippen molar-refractivity contribution < 1.29 is 38.3 Å². The molecular weight excluding hydrogens is 640 g/mol. The van der Waals surface area contributed by atoms with Gasteiger partial charge in [-0.05, 0) is 48.1 Å². The molecule has 12 nitrogen and oxygen atoms in total. The Hall–Kier alpha value is -4.09. The van der Waals surface area contributed by atoms with E-state index in [1.54, 1.807) is 38.1 Å². The lowest BCUT2D eigenvalue weighted by molar-refractivity contribution is -0.148. The summed E-state index contributed by atoms with van der Waals surface area (Å²) in [5, 5.41) is 5.38. The van der Waals surface area contributed by atoms with Crippen molar-refractivity contribution in [3.63, 3.8) is 0 Å². The molecular formula is C38H58N4O8. The van der Waals surface area contributed by atoms with E-state index in [9.17, 15) is 33.6 Å². The van der Waals surface area contributed by atoms with Gasteiger partial charge in [0.15, 0.2) is 5.78 Å². The molecule has 278 valence electrons. The molecule has 1 saturated heterocycles. The number of hydrogen-bond acceptors (Lipinski definition) is 8. The number of Topliss-reactive ketones (excluding diaryl/α,β-unsaturated/α-hetero) is 2. The summed E-state index contributed by atoms with van der Waals surface area (Å²) < 4.78 is 5.26. The predicted molar refractivity (Wildman–Crippen MR) is 189 cm³/mol. The number of nitrogens with one attached hydrogen (secondary N) is 2. The van der Waals surface area contributed by atoms with Crippen LogP contribution in [-0.4, -0.2) is 65.3 Å². The number of imide groups is 1. The van der Waals surface area contributed by atoms with Gasteiger partial charge in [0, 0.05) is 44.7 Å². The molecule has 3 atom stereocenters. The second-order valence-corrected chi connectivity index (χ2v) is 15.1. The quantitative estimate of drug-likeness (QED) is 0.0943. The molecule has 0 radical (unpaired) electrons. The van der Waals surface area contributed by atoms with Crippen LogP contribution in [0.3, 0.4) is 0 Å². The van der Waals surface area contributed by atoms with E-state index >= 15 is 0 Å². The van der Waals surface area contributed by atoms with Gasteiger partial charge in [-0.2, -0.15) is 0 Å². The number of rotatable bonds is 21. The molecule has 1 fully saturated rings. The molecule has 1 aromatic rings. The molecule has 5 amide bonds. The number of ether oxygens (including phenoxy) is 1. The topological polar surface area (TPSA) is 182 Å². The summed E-state index contributed by atoms with van der Waals surface area (Å²) in [6, 6.07) is 5.62. The fourth-order valence-corrected chi connectivity index (χ4v) is 5.85. The van der Waals surface area contributed by atoms with E-state index in [0.29, 0.717) is 32.2 Å². The third kappa shape index (κ3) is 14.0. The van der Waals surface area contributed by atoms with E-state index in [4.69, 9.17) is 10.5 Å². The summed E-state index contributed by atoms with van der Waals surface area (Å²) in [4.78, 5) is 89.3. The number of carbonyl (C=O) groups is 7. The molecule has 1 heterocycles. The number of likely N-dealkylation sites (tertiary alicyclic amines) is 1. The van der Waals surface area contributed by atoms with Crippen molar-refractivity contribution >= 4 is 41.3 Å². The Morgan fingerprint density at radius 1 is 0.940 bits per heavy atom. The monoisotopic (exact) mass is 698 g/mol. The van der Waals surface area contributed by atoms with E-state index in [0.717, 1.165) is 11.1 Å². The standard InChI is InChI=1S/C38H58N4O8/c1-24(2)29(21-28(43)12-9-8-10-19-42-33(45)22-30(35(42)47)38(5,6)7)34(46)41-31(13-11-18-40-37(39)49)32(44)20-26-14-16-27(17-15-26)23-50-36(48)25(3)4/h14-17,24-25,29-31H,8-13,18-23H2,1-7H3,(H,41,46)(H3,39,40,49)/t29-,30?,31-/m0/s1. The van der Waals surface area contributed by atoms with Crippen LogP contribution in [0.4, 0.5) is 4.79 Å². The third-order valence-electron chi connectivity index (χ3n) is 9.14. The van der Waals surface area contributed by atoms with Crippen LogP contribution >= 0.6 is 0 Å². The minimum atomic E-state index is -0.839. The lowest BCUT2D eigenvalue weighted by Crippen LogP contribution is -2.46. The summed E-state index contributed by atoms with van der Waals surface area (Å²) in [5.41, 5.74) is 6.41. The summed E-state index contributed by atoms with van der Waals surface area (Å²) >= 11 is 0. The average molecular weight is 699 g/mol. The zero-order valence-corrected chi connectivity index (χ0v) is 31.0. The second kappa shape index (κ2) is 19.9. The van der Waals surface area contributed by atoms with Gasteiger partial charge >= 0.3 is 12.0 Å². The van der Waals surface area contributed by atoms with Gasteiger partial charge in [-0.3, -0.25) is 33.7 Å². The predicted octanol–water partition coefficient (Wildman–Crippen LogP) is 4.64. The smallest absolute Gasteiger partial charge is 0.312 e. The molecule has 1 aliphatic heterocycles. The van der Waals surface area contributed by atoms with Crippen LogP contribution in [0.1, 0.15) is 111 Å². The van der Waals surface area contributed by atoms with Crippen molar-refractivity contribution in [1.29, 1.82) is 0 Å². The fraction of sp³-hybridized carbons (Fsp3) is 0.658. The van der Waals surface area contributed by atoms with E-state index in [-0.39, 0.29) is 104 Å². The Morgan fingerprint density at radius 3 is 2.14 bits per heavy atom. The van der Waals surface area contributed by atoms with Crippen LogP contribution in [0.15, 0.2) is 24.3 Å². The number of nitrogens with two attached hydrogens (primary N) is 1. The van der Waals surface area contributed by atoms with Crippen molar-refractivity contribution in [3.05, 3.63) is 35.4 Å². The van der Waals surface area contributed by atoms with Gasteiger partial charge in [0.2, 0.25) is 17.7 Å². The highest BCUT2D eigenvalue weighted by molar-refractivity contribution is 6.03. The van der Waals surface area contributed by atoms with Crippen LogP contribution < -0.4 is 16.4 Å². The first-order chi connectivity index (χ1) is 23.4.